The van der Waals surface area contributed by atoms with Crippen molar-refractivity contribution in [2.24, 2.45) is 0 Å². The molecule has 0 aromatic rings. The van der Waals surface area contributed by atoms with E-state index in [1.807, 2.05) is 12.2 Å². The SMILES string of the molecule is CC/C=C\C/C=C\C/C=C\CCCCCCCC(=O)OCC(COC(=O)CCCCCCC/C=C\C/C=C\C/C=C\CC)OC(=O)CC/C=C\C/C=C\C/C=C\C/C=C\C/C=C\CCCCC. The zero-order chi connectivity index (χ0) is 48.6. The lowest BCUT2D eigenvalue weighted by molar-refractivity contribution is -0.166. The molecule has 0 amide bonds. The Morgan fingerprint density at radius 2 is 0.612 bits per heavy atom. The smallest absolute Gasteiger partial charge is 0.306 e. The summed E-state index contributed by atoms with van der Waals surface area (Å²) in [6.45, 7) is 6.28. The third kappa shape index (κ3) is 52.4. The van der Waals surface area contributed by atoms with Gasteiger partial charge in [0.05, 0.1) is 0 Å². The van der Waals surface area contributed by atoms with Crippen molar-refractivity contribution in [3.05, 3.63) is 134 Å². The molecule has 0 spiro atoms. The van der Waals surface area contributed by atoms with Crippen molar-refractivity contribution >= 4 is 17.9 Å². The summed E-state index contributed by atoms with van der Waals surface area (Å²) in [5.41, 5.74) is 0. The molecule has 0 aromatic heterocycles. The van der Waals surface area contributed by atoms with Crippen molar-refractivity contribution < 1.29 is 28.6 Å². The van der Waals surface area contributed by atoms with E-state index < -0.39 is 12.1 Å². The van der Waals surface area contributed by atoms with Gasteiger partial charge in [0.15, 0.2) is 6.10 Å². The Hall–Kier alpha value is -4.45. The van der Waals surface area contributed by atoms with Crippen molar-refractivity contribution in [2.75, 3.05) is 13.2 Å². The van der Waals surface area contributed by atoms with Gasteiger partial charge in [0.2, 0.25) is 0 Å². The number of hydrogen-bond acceptors (Lipinski definition) is 6. The van der Waals surface area contributed by atoms with Crippen LogP contribution in [0.2, 0.25) is 0 Å². The molecule has 0 fully saturated rings. The molecule has 0 rings (SSSR count). The average Bonchev–Trinajstić information content (AvgIpc) is 3.33. The second-order valence-corrected chi connectivity index (χ2v) is 17.0. The van der Waals surface area contributed by atoms with Crippen molar-refractivity contribution in [3.63, 3.8) is 0 Å². The largest absolute Gasteiger partial charge is 0.462 e. The van der Waals surface area contributed by atoms with Gasteiger partial charge < -0.3 is 14.2 Å². The maximum atomic E-state index is 12.8. The molecule has 376 valence electrons. The Morgan fingerprint density at radius 1 is 0.313 bits per heavy atom. The van der Waals surface area contributed by atoms with Crippen LogP contribution in [0.3, 0.4) is 0 Å². The molecule has 6 nitrogen and oxygen atoms in total. The first-order chi connectivity index (χ1) is 33.0. The summed E-state index contributed by atoms with van der Waals surface area (Å²) < 4.78 is 16.7. The van der Waals surface area contributed by atoms with Gasteiger partial charge in [-0.1, -0.05) is 206 Å². The maximum absolute atomic E-state index is 12.8. The van der Waals surface area contributed by atoms with Crippen LogP contribution in [0.5, 0.6) is 0 Å². The number of ether oxygens (including phenoxy) is 3. The molecule has 6 heteroatoms. The number of allylic oxidation sites excluding steroid dienone is 22. The number of unbranched alkanes of at least 4 members (excludes halogenated alkanes) is 13. The van der Waals surface area contributed by atoms with Gasteiger partial charge in [0, 0.05) is 19.3 Å². The molecule has 0 heterocycles. The van der Waals surface area contributed by atoms with E-state index in [1.165, 1.54) is 25.7 Å². The normalized spacial score (nSPS) is 12.8. The first-order valence-electron chi connectivity index (χ1n) is 26.7. The summed E-state index contributed by atoms with van der Waals surface area (Å²) in [5.74, 6) is -1.05. The predicted octanol–water partition coefficient (Wildman–Crippen LogP) is 17.9. The van der Waals surface area contributed by atoms with Crippen LogP contribution in [0.15, 0.2) is 134 Å². The molecule has 0 radical (unpaired) electrons. The number of carbonyl (C=O) groups is 3. The van der Waals surface area contributed by atoms with Crippen molar-refractivity contribution in [1.29, 1.82) is 0 Å². The summed E-state index contributed by atoms with van der Waals surface area (Å²) in [7, 11) is 0. The second kappa shape index (κ2) is 54.2. The van der Waals surface area contributed by atoms with E-state index in [0.717, 1.165) is 141 Å². The molecule has 0 aromatic carbocycles. The third-order valence-corrected chi connectivity index (χ3v) is 10.6. The lowest BCUT2D eigenvalue weighted by Crippen LogP contribution is -2.30. The zero-order valence-corrected chi connectivity index (χ0v) is 42.9. The van der Waals surface area contributed by atoms with E-state index in [2.05, 4.69) is 142 Å². The minimum Gasteiger partial charge on any atom is -0.462 e. The van der Waals surface area contributed by atoms with Crippen molar-refractivity contribution in [3.8, 4) is 0 Å². The lowest BCUT2D eigenvalue weighted by Gasteiger charge is -2.18. The van der Waals surface area contributed by atoms with Gasteiger partial charge in [0.1, 0.15) is 13.2 Å². The lowest BCUT2D eigenvalue weighted by atomic mass is 10.1. The number of hydrogen-bond donors (Lipinski definition) is 0. The van der Waals surface area contributed by atoms with Crippen LogP contribution >= 0.6 is 0 Å². The number of rotatable bonds is 46. The summed E-state index contributed by atoms with van der Waals surface area (Å²) in [6, 6.07) is 0. The molecule has 0 saturated carbocycles. The first kappa shape index (κ1) is 62.5. The van der Waals surface area contributed by atoms with E-state index >= 15 is 0 Å². The van der Waals surface area contributed by atoms with Crippen LogP contribution in [0.1, 0.15) is 213 Å². The highest BCUT2D eigenvalue weighted by Crippen LogP contribution is 2.12. The summed E-state index contributed by atoms with van der Waals surface area (Å²) in [6.07, 6.45) is 75.9. The Balaban J connectivity index is 4.59. The number of esters is 3. The van der Waals surface area contributed by atoms with Gasteiger partial charge in [-0.25, -0.2) is 0 Å². The van der Waals surface area contributed by atoms with Crippen LogP contribution in [-0.4, -0.2) is 37.2 Å². The van der Waals surface area contributed by atoms with Crippen LogP contribution in [0.4, 0.5) is 0 Å². The first-order valence-corrected chi connectivity index (χ1v) is 26.7. The van der Waals surface area contributed by atoms with Crippen LogP contribution in [0.25, 0.3) is 0 Å². The highest BCUT2D eigenvalue weighted by Gasteiger charge is 2.19. The Morgan fingerprint density at radius 3 is 0.970 bits per heavy atom. The second-order valence-electron chi connectivity index (χ2n) is 17.0. The Labute approximate surface area is 411 Å². The highest BCUT2D eigenvalue weighted by molar-refractivity contribution is 5.71. The van der Waals surface area contributed by atoms with Crippen LogP contribution in [-0.2, 0) is 28.6 Å². The van der Waals surface area contributed by atoms with Gasteiger partial charge in [-0.05, 0) is 122 Å². The predicted molar refractivity (Wildman–Crippen MR) is 288 cm³/mol. The zero-order valence-electron chi connectivity index (χ0n) is 42.9. The van der Waals surface area contributed by atoms with Gasteiger partial charge in [-0.15, -0.1) is 0 Å². The molecule has 67 heavy (non-hydrogen) atoms. The Kier molecular flexibility index (Phi) is 50.6. The molecule has 0 atom stereocenters. The minimum atomic E-state index is -0.837. The average molecular weight is 925 g/mol. The monoisotopic (exact) mass is 925 g/mol. The quantitative estimate of drug-likeness (QED) is 0.0262. The van der Waals surface area contributed by atoms with Gasteiger partial charge >= 0.3 is 17.9 Å². The summed E-state index contributed by atoms with van der Waals surface area (Å²) >= 11 is 0. The fourth-order valence-corrected chi connectivity index (χ4v) is 6.69. The molecule has 0 N–H and O–H groups in total. The fourth-order valence-electron chi connectivity index (χ4n) is 6.69. The standard InChI is InChI=1S/C61H96O6/c1-4-7-10-13-16-19-22-25-28-29-30-31-34-37-40-43-46-49-52-55-61(64)67-58(56-65-59(62)53-50-47-44-41-38-35-32-26-23-20-17-14-11-8-5-2)57-66-60(63)54-51-48-45-42-39-36-33-27-24-21-18-15-12-9-6-3/h8-9,11-12,16-21,25-28,30-33,37,40,46,49,58H,4-7,10,13-15,22-24,29,34-36,38-39,41-45,47-48,50-57H2,1-3H3/b11-8-,12-9-,19-16-,20-17-,21-18-,28-25-,31-30-,32-26-,33-27-,40-37-,49-46-. The fraction of sp³-hybridized carbons (Fsp3) is 0.590. The molecule has 0 saturated heterocycles. The van der Waals surface area contributed by atoms with Crippen molar-refractivity contribution in [1.82, 2.24) is 0 Å². The van der Waals surface area contributed by atoms with E-state index in [1.54, 1.807) is 0 Å². The summed E-state index contributed by atoms with van der Waals surface area (Å²) in [4.78, 5) is 38.0. The van der Waals surface area contributed by atoms with Gasteiger partial charge in [0.25, 0.3) is 0 Å². The molecule has 0 aliphatic rings. The molecule has 0 bridgehead atoms. The molecule has 0 aliphatic carbocycles. The minimum absolute atomic E-state index is 0.127. The molecule has 0 aliphatic heterocycles. The molecular formula is C61H96O6. The van der Waals surface area contributed by atoms with Crippen molar-refractivity contribution in [2.45, 2.75) is 219 Å². The number of carbonyl (C=O) groups excluding carboxylic acids is 3. The van der Waals surface area contributed by atoms with Crippen LogP contribution in [0, 0.1) is 0 Å². The van der Waals surface area contributed by atoms with E-state index in [9.17, 15) is 14.4 Å². The highest BCUT2D eigenvalue weighted by atomic mass is 16.6. The van der Waals surface area contributed by atoms with E-state index in [-0.39, 0.29) is 31.6 Å². The third-order valence-electron chi connectivity index (χ3n) is 10.6. The Bertz CT molecular complexity index is 1410. The van der Waals surface area contributed by atoms with Gasteiger partial charge in [-0.3, -0.25) is 14.4 Å². The summed E-state index contributed by atoms with van der Waals surface area (Å²) in [5, 5.41) is 0. The topological polar surface area (TPSA) is 78.9 Å². The maximum Gasteiger partial charge on any atom is 0.306 e. The van der Waals surface area contributed by atoms with E-state index in [4.69, 9.17) is 14.2 Å². The molecular weight excluding hydrogens is 829 g/mol. The molecule has 0 unspecified atom stereocenters. The van der Waals surface area contributed by atoms with E-state index in [0.29, 0.717) is 19.3 Å². The van der Waals surface area contributed by atoms with Gasteiger partial charge in [-0.2, -0.15) is 0 Å². The van der Waals surface area contributed by atoms with Crippen LogP contribution < -0.4 is 0 Å².